The van der Waals surface area contributed by atoms with E-state index in [4.69, 9.17) is 4.42 Å². The Labute approximate surface area is 132 Å². The lowest BCUT2D eigenvalue weighted by Gasteiger charge is -2.39. The number of urea groups is 1. The van der Waals surface area contributed by atoms with Gasteiger partial charge in [-0.3, -0.25) is 14.5 Å². The van der Waals surface area contributed by atoms with Crippen LogP contribution in [0, 0.1) is 0 Å². The lowest BCUT2D eigenvalue weighted by atomic mass is 10.1. The Morgan fingerprint density at radius 2 is 2.17 bits per heavy atom. The second-order valence-electron chi connectivity index (χ2n) is 5.44. The van der Waals surface area contributed by atoms with Crippen molar-refractivity contribution in [2.24, 2.45) is 4.99 Å². The van der Waals surface area contributed by atoms with Crippen LogP contribution in [0.1, 0.15) is 5.76 Å². The monoisotopic (exact) mass is 319 g/mol. The number of carbonyl (C=O) groups is 3. The molecule has 122 valence electrons. The van der Waals surface area contributed by atoms with Gasteiger partial charge in [-0.15, -0.1) is 0 Å². The minimum Gasteiger partial charge on any atom is -0.467 e. The lowest BCUT2D eigenvalue weighted by Crippen LogP contribution is -2.64. The lowest BCUT2D eigenvalue weighted by molar-refractivity contribution is -0.136. The third-order valence-electron chi connectivity index (χ3n) is 3.94. The molecule has 23 heavy (non-hydrogen) atoms. The number of imide groups is 1. The largest absolute Gasteiger partial charge is 0.467 e. The highest BCUT2D eigenvalue weighted by Crippen LogP contribution is 2.24. The van der Waals surface area contributed by atoms with E-state index in [9.17, 15) is 14.4 Å². The summed E-state index contributed by atoms with van der Waals surface area (Å²) in [5.74, 6) is 0.0167. The molecular weight excluding hydrogens is 302 g/mol. The molecule has 2 aliphatic rings. The van der Waals surface area contributed by atoms with Crippen LogP contribution in [0.2, 0.25) is 0 Å². The van der Waals surface area contributed by atoms with Gasteiger partial charge in [0.15, 0.2) is 12.2 Å². The molecule has 0 aliphatic carbocycles. The highest BCUT2D eigenvalue weighted by molar-refractivity contribution is 6.02. The summed E-state index contributed by atoms with van der Waals surface area (Å²) in [7, 11) is 3.01. The molecule has 1 aromatic heterocycles. The number of nitrogens with one attached hydrogen (secondary N) is 1. The zero-order valence-corrected chi connectivity index (χ0v) is 12.8. The first-order valence-electron chi connectivity index (χ1n) is 7.11. The van der Waals surface area contributed by atoms with E-state index in [0.29, 0.717) is 5.76 Å². The van der Waals surface area contributed by atoms with Crippen molar-refractivity contribution in [2.75, 3.05) is 20.6 Å². The molecule has 2 aliphatic heterocycles. The SMILES string of the molecule is CN1C(=O)C2C(N=CN2CC(=O)NCc2ccco2)N(C)C1=O. The van der Waals surface area contributed by atoms with Crippen LogP contribution in [0.4, 0.5) is 4.79 Å². The Balaban J connectivity index is 1.63. The summed E-state index contributed by atoms with van der Waals surface area (Å²) in [4.78, 5) is 44.4. The van der Waals surface area contributed by atoms with Crippen molar-refractivity contribution in [1.82, 2.24) is 20.0 Å². The molecule has 1 aromatic rings. The van der Waals surface area contributed by atoms with E-state index >= 15 is 0 Å². The number of nitrogens with zero attached hydrogens (tertiary/aromatic N) is 4. The molecule has 3 heterocycles. The molecule has 0 saturated carbocycles. The highest BCUT2D eigenvalue weighted by atomic mass is 16.3. The van der Waals surface area contributed by atoms with E-state index in [0.717, 1.165) is 4.90 Å². The van der Waals surface area contributed by atoms with Crippen LogP contribution in [-0.4, -0.2) is 71.7 Å². The smallest absolute Gasteiger partial charge is 0.328 e. The Morgan fingerprint density at radius 3 is 2.87 bits per heavy atom. The minimum absolute atomic E-state index is 0.0208. The molecule has 2 atom stereocenters. The van der Waals surface area contributed by atoms with E-state index < -0.39 is 18.2 Å². The number of hydrogen-bond acceptors (Lipinski definition) is 6. The molecular formula is C14H17N5O4. The van der Waals surface area contributed by atoms with Gasteiger partial charge < -0.3 is 19.5 Å². The van der Waals surface area contributed by atoms with Gasteiger partial charge in [0.05, 0.1) is 25.7 Å². The van der Waals surface area contributed by atoms with Gasteiger partial charge in [-0.1, -0.05) is 0 Å². The summed E-state index contributed by atoms with van der Waals surface area (Å²) in [6.45, 7) is 0.254. The second-order valence-corrected chi connectivity index (χ2v) is 5.44. The number of likely N-dealkylation sites (N-methyl/N-ethyl adjacent to an activating group) is 2. The number of amides is 4. The molecule has 0 radical (unpaired) electrons. The van der Waals surface area contributed by atoms with Crippen LogP contribution in [0.3, 0.4) is 0 Å². The molecule has 0 bridgehead atoms. The normalized spacial score (nSPS) is 23.5. The van der Waals surface area contributed by atoms with E-state index in [2.05, 4.69) is 10.3 Å². The molecule has 9 heteroatoms. The highest BCUT2D eigenvalue weighted by Gasteiger charge is 2.48. The van der Waals surface area contributed by atoms with Crippen molar-refractivity contribution in [3.05, 3.63) is 24.2 Å². The zero-order valence-electron chi connectivity index (χ0n) is 12.8. The topological polar surface area (TPSA) is 98.5 Å². The van der Waals surface area contributed by atoms with Crippen molar-refractivity contribution in [3.63, 3.8) is 0 Å². The summed E-state index contributed by atoms with van der Waals surface area (Å²) >= 11 is 0. The summed E-state index contributed by atoms with van der Waals surface area (Å²) in [6, 6.07) is 2.42. The number of aliphatic imine (C=N–C) groups is 1. The average Bonchev–Trinajstić information content (AvgIpc) is 3.18. The van der Waals surface area contributed by atoms with E-state index in [1.807, 2.05) is 0 Å². The fraction of sp³-hybridized carbons (Fsp3) is 0.429. The minimum atomic E-state index is -0.669. The van der Waals surface area contributed by atoms with Crippen LogP contribution < -0.4 is 5.32 Å². The van der Waals surface area contributed by atoms with Crippen LogP contribution in [0.15, 0.2) is 27.8 Å². The van der Waals surface area contributed by atoms with Gasteiger partial charge in [0.1, 0.15) is 5.76 Å². The van der Waals surface area contributed by atoms with Gasteiger partial charge in [-0.2, -0.15) is 0 Å². The number of hydrogen-bond donors (Lipinski definition) is 1. The standard InChI is InChI=1S/C14H17N5O4/c1-17-12-11(13(21)18(2)14(17)22)19(8-16-12)7-10(20)15-6-9-4-3-5-23-9/h3-5,8,11-12H,6-7H2,1-2H3,(H,15,20). The Morgan fingerprint density at radius 1 is 1.39 bits per heavy atom. The quantitative estimate of drug-likeness (QED) is 0.803. The van der Waals surface area contributed by atoms with Gasteiger partial charge in [0.2, 0.25) is 5.91 Å². The number of carbonyl (C=O) groups excluding carboxylic acids is 3. The molecule has 0 spiro atoms. The molecule has 3 rings (SSSR count). The molecule has 1 saturated heterocycles. The number of furan rings is 1. The van der Waals surface area contributed by atoms with Crippen LogP contribution in [0.25, 0.3) is 0 Å². The van der Waals surface area contributed by atoms with Gasteiger partial charge in [0, 0.05) is 14.1 Å². The molecule has 4 amide bonds. The molecule has 1 N–H and O–H groups in total. The first kappa shape index (κ1) is 15.1. The predicted octanol–water partition coefficient (Wildman–Crippen LogP) is -0.542. The second kappa shape index (κ2) is 5.75. The van der Waals surface area contributed by atoms with E-state index in [1.54, 1.807) is 24.1 Å². The van der Waals surface area contributed by atoms with Crippen molar-refractivity contribution in [1.29, 1.82) is 0 Å². The van der Waals surface area contributed by atoms with Gasteiger partial charge in [0.25, 0.3) is 5.91 Å². The Kier molecular flexibility index (Phi) is 3.77. The first-order valence-corrected chi connectivity index (χ1v) is 7.11. The maximum absolute atomic E-state index is 12.3. The average molecular weight is 319 g/mol. The van der Waals surface area contributed by atoms with Crippen molar-refractivity contribution < 1.29 is 18.8 Å². The summed E-state index contributed by atoms with van der Waals surface area (Å²) in [5, 5.41) is 2.71. The number of fused-ring (bicyclic) bond motifs is 1. The summed E-state index contributed by atoms with van der Waals surface area (Å²) < 4.78 is 5.14. The van der Waals surface area contributed by atoms with Gasteiger partial charge in [-0.05, 0) is 12.1 Å². The number of rotatable bonds is 4. The third-order valence-corrected chi connectivity index (χ3v) is 3.94. The molecule has 2 unspecified atom stereocenters. The first-order chi connectivity index (χ1) is 11.0. The van der Waals surface area contributed by atoms with Gasteiger partial charge in [-0.25, -0.2) is 9.79 Å². The molecule has 0 aromatic carbocycles. The van der Waals surface area contributed by atoms with Crippen LogP contribution in [-0.2, 0) is 16.1 Å². The predicted molar refractivity (Wildman–Crippen MR) is 79.3 cm³/mol. The van der Waals surface area contributed by atoms with Crippen molar-refractivity contribution >= 4 is 24.2 Å². The zero-order chi connectivity index (χ0) is 16.6. The summed E-state index contributed by atoms with van der Waals surface area (Å²) in [5.41, 5.74) is 0. The molecule has 1 fully saturated rings. The maximum atomic E-state index is 12.3. The van der Waals surface area contributed by atoms with Crippen LogP contribution in [0.5, 0.6) is 0 Å². The van der Waals surface area contributed by atoms with Crippen LogP contribution >= 0.6 is 0 Å². The third kappa shape index (κ3) is 2.65. The Hall–Kier alpha value is -2.84. The van der Waals surface area contributed by atoms with Gasteiger partial charge >= 0.3 is 6.03 Å². The maximum Gasteiger partial charge on any atom is 0.328 e. The molecule has 9 nitrogen and oxygen atoms in total. The summed E-state index contributed by atoms with van der Waals surface area (Å²) in [6.07, 6.45) is 2.38. The van der Waals surface area contributed by atoms with E-state index in [1.165, 1.54) is 24.5 Å². The Bertz CT molecular complexity index is 656. The van der Waals surface area contributed by atoms with Crippen molar-refractivity contribution in [2.45, 2.75) is 18.8 Å². The van der Waals surface area contributed by atoms with E-state index in [-0.39, 0.29) is 24.9 Å². The fourth-order valence-corrected chi connectivity index (χ4v) is 2.66. The fourth-order valence-electron chi connectivity index (χ4n) is 2.66. The van der Waals surface area contributed by atoms with Crippen molar-refractivity contribution in [3.8, 4) is 0 Å².